The van der Waals surface area contributed by atoms with Crippen molar-refractivity contribution in [3.8, 4) is 0 Å². The van der Waals surface area contributed by atoms with E-state index in [1.165, 1.54) is 6.33 Å². The molecule has 0 aliphatic carbocycles. The maximum Gasteiger partial charge on any atom is 0.320 e. The van der Waals surface area contributed by atoms with Crippen LogP contribution in [-0.2, 0) is 25.6 Å². The Kier molecular flexibility index (Phi) is 17.8. The van der Waals surface area contributed by atoms with E-state index in [1.807, 2.05) is 13.8 Å². The smallest absolute Gasteiger partial charge is 0.320 e. The number of rotatable bonds is 8. The predicted molar refractivity (Wildman–Crippen MR) is 120 cm³/mol. The molecule has 1 aliphatic rings. The van der Waals surface area contributed by atoms with Crippen molar-refractivity contribution in [1.82, 2.24) is 15.3 Å². The number of nitrogens with two attached hydrogens (primary N) is 3. The van der Waals surface area contributed by atoms with E-state index in [4.69, 9.17) is 37.0 Å². The van der Waals surface area contributed by atoms with Crippen molar-refractivity contribution in [3.63, 3.8) is 0 Å². The van der Waals surface area contributed by atoms with E-state index < -0.39 is 48.1 Å². The number of carboxylic acid groups (broad SMARTS) is 4. The zero-order chi connectivity index (χ0) is 26.8. The number of hydrogen-bond acceptors (Lipinski definition) is 10. The Bertz CT molecular complexity index is 720. The number of carbonyl (C=O) groups is 4. The number of aliphatic carboxylic acids is 4. The van der Waals surface area contributed by atoms with Crippen molar-refractivity contribution in [2.24, 2.45) is 23.1 Å². The Morgan fingerprint density at radius 3 is 1.94 bits per heavy atom. The van der Waals surface area contributed by atoms with Crippen LogP contribution in [0.15, 0.2) is 12.5 Å². The summed E-state index contributed by atoms with van der Waals surface area (Å²) in [5, 5.41) is 44.2. The van der Waals surface area contributed by atoms with E-state index >= 15 is 0 Å². The van der Waals surface area contributed by atoms with Crippen LogP contribution in [0.25, 0.3) is 0 Å². The van der Waals surface area contributed by atoms with Crippen LogP contribution in [0.5, 0.6) is 0 Å². The Labute approximate surface area is 196 Å². The molecule has 196 valence electrons. The third kappa shape index (κ3) is 16.5. The number of aliphatic hydroxyl groups excluding tert-OH is 1. The van der Waals surface area contributed by atoms with Gasteiger partial charge in [0.25, 0.3) is 0 Å². The standard InChI is InChI=1S/C6H9N3O2.C6H13NO2.C5H9NO3.C2H5NO2/c7-5(6(10)11)1-4-2-8-3-9-4;1-3-4(2)5(7)6(8)9;7-3-1-4(5(8)9)6-2-3;3-1-2(4)5/h2-3,5H,1,7H2,(H,8,9)(H,10,11);4-5H,3,7H2,1-2H3,(H,8,9);3-4,6-7H,1-2H2,(H,8,9);1,3H2,(H,4,5)/t5-;4-,5-;3-,4+;/m001./s1. The molecule has 2 rings (SSSR count). The molecule has 15 nitrogen and oxygen atoms in total. The lowest BCUT2D eigenvalue weighted by Crippen LogP contribution is -2.36. The van der Waals surface area contributed by atoms with E-state index in [0.29, 0.717) is 13.0 Å². The van der Waals surface area contributed by atoms with Crippen molar-refractivity contribution in [2.45, 2.75) is 57.3 Å². The summed E-state index contributed by atoms with van der Waals surface area (Å²) >= 11 is 0. The first kappa shape index (κ1) is 33.1. The molecular weight excluding hydrogens is 456 g/mol. The molecule has 2 heterocycles. The third-order valence-corrected chi connectivity index (χ3v) is 4.43. The highest BCUT2D eigenvalue weighted by molar-refractivity contribution is 5.74. The normalized spacial score (nSPS) is 18.9. The molecule has 34 heavy (non-hydrogen) atoms. The van der Waals surface area contributed by atoms with Crippen LogP contribution in [-0.4, -0.2) is 96.7 Å². The van der Waals surface area contributed by atoms with Gasteiger partial charge in [-0.3, -0.25) is 19.2 Å². The van der Waals surface area contributed by atoms with Gasteiger partial charge in [-0.1, -0.05) is 20.3 Å². The highest BCUT2D eigenvalue weighted by atomic mass is 16.4. The van der Waals surface area contributed by atoms with Gasteiger partial charge in [-0.15, -0.1) is 0 Å². The average Bonchev–Trinajstić information content (AvgIpc) is 3.45. The van der Waals surface area contributed by atoms with Crippen LogP contribution in [0, 0.1) is 5.92 Å². The number of nitrogens with one attached hydrogen (secondary N) is 2. The second-order valence-electron chi connectivity index (χ2n) is 7.26. The van der Waals surface area contributed by atoms with Gasteiger partial charge in [0.05, 0.1) is 19.0 Å². The summed E-state index contributed by atoms with van der Waals surface area (Å²) in [4.78, 5) is 46.4. The SMILES string of the molecule is CC[C@H](C)[C@H](N)C(=O)O.NCC(=O)O.N[C@@H](Cc1cnc[nH]1)C(=O)O.O=C(O)[C@@H]1C[C@@H](O)CN1. The number of nitrogens with zero attached hydrogens (tertiary/aromatic N) is 1. The minimum Gasteiger partial charge on any atom is -0.480 e. The molecule has 0 aromatic carbocycles. The Morgan fingerprint density at radius 1 is 1.15 bits per heavy atom. The highest BCUT2D eigenvalue weighted by Gasteiger charge is 2.27. The lowest BCUT2D eigenvalue weighted by atomic mass is 10.0. The topological polar surface area (TPSA) is 288 Å². The number of carboxylic acids is 4. The highest BCUT2D eigenvalue weighted by Crippen LogP contribution is 2.05. The first-order valence-electron chi connectivity index (χ1n) is 10.3. The van der Waals surface area contributed by atoms with Crippen LogP contribution in [0.2, 0.25) is 0 Å². The molecule has 0 saturated carbocycles. The first-order chi connectivity index (χ1) is 15.8. The van der Waals surface area contributed by atoms with Crippen LogP contribution < -0.4 is 22.5 Å². The van der Waals surface area contributed by atoms with E-state index in [2.05, 4.69) is 21.0 Å². The number of hydrogen-bond donors (Lipinski definition) is 10. The lowest BCUT2D eigenvalue weighted by molar-refractivity contribution is -0.140. The molecule has 0 radical (unpaired) electrons. The zero-order valence-electron chi connectivity index (χ0n) is 19.1. The number of aliphatic hydroxyl groups is 1. The molecule has 0 unspecified atom stereocenters. The van der Waals surface area contributed by atoms with Crippen molar-refractivity contribution >= 4 is 23.9 Å². The van der Waals surface area contributed by atoms with E-state index in [-0.39, 0.29) is 18.9 Å². The average molecular weight is 493 g/mol. The largest absolute Gasteiger partial charge is 0.480 e. The summed E-state index contributed by atoms with van der Waals surface area (Å²) in [5.41, 5.74) is 15.8. The van der Waals surface area contributed by atoms with E-state index in [9.17, 15) is 19.2 Å². The van der Waals surface area contributed by atoms with Gasteiger partial charge in [-0.25, -0.2) is 4.98 Å². The van der Waals surface area contributed by atoms with Crippen LogP contribution >= 0.6 is 0 Å². The van der Waals surface area contributed by atoms with Gasteiger partial charge in [0.2, 0.25) is 0 Å². The quantitative estimate of drug-likeness (QED) is 0.181. The van der Waals surface area contributed by atoms with Gasteiger partial charge in [-0.05, 0) is 5.92 Å². The number of H-pyrrole nitrogens is 1. The maximum atomic E-state index is 10.3. The fourth-order valence-electron chi connectivity index (χ4n) is 2.12. The molecule has 1 aliphatic heterocycles. The van der Waals surface area contributed by atoms with Crippen LogP contribution in [0.4, 0.5) is 0 Å². The molecule has 1 aromatic heterocycles. The van der Waals surface area contributed by atoms with Crippen molar-refractivity contribution in [2.75, 3.05) is 13.1 Å². The molecule has 1 aromatic rings. The zero-order valence-corrected chi connectivity index (χ0v) is 19.1. The summed E-state index contributed by atoms with van der Waals surface area (Å²) in [6.07, 6.45) is 4.00. The molecule has 0 bridgehead atoms. The van der Waals surface area contributed by atoms with Gasteiger partial charge >= 0.3 is 23.9 Å². The number of imidazole rings is 1. The molecule has 1 fully saturated rings. The Hall–Kier alpha value is -3.11. The van der Waals surface area contributed by atoms with Crippen LogP contribution in [0.1, 0.15) is 32.4 Å². The number of β-amino-alcohol motifs (C(OH)–C–C–N with tert-alkyl or cyclic N) is 1. The fraction of sp³-hybridized carbons (Fsp3) is 0.632. The van der Waals surface area contributed by atoms with Crippen molar-refractivity contribution in [3.05, 3.63) is 18.2 Å². The minimum absolute atomic E-state index is 0.0718. The Morgan fingerprint density at radius 2 is 1.71 bits per heavy atom. The summed E-state index contributed by atoms with van der Waals surface area (Å²) in [6, 6.07) is -2.09. The van der Waals surface area contributed by atoms with Gasteiger partial charge in [-0.2, -0.15) is 0 Å². The maximum absolute atomic E-state index is 10.3. The summed E-state index contributed by atoms with van der Waals surface area (Å²) < 4.78 is 0. The third-order valence-electron chi connectivity index (χ3n) is 4.43. The van der Waals surface area contributed by atoms with E-state index in [1.54, 1.807) is 6.20 Å². The molecular formula is C19H36N6O9. The summed E-state index contributed by atoms with van der Waals surface area (Å²) in [6.45, 7) is 3.88. The van der Waals surface area contributed by atoms with Gasteiger partial charge in [0.15, 0.2) is 0 Å². The molecule has 15 heteroatoms. The second-order valence-corrected chi connectivity index (χ2v) is 7.26. The Balaban J connectivity index is 0. The van der Waals surface area contributed by atoms with Crippen molar-refractivity contribution in [1.29, 1.82) is 0 Å². The van der Waals surface area contributed by atoms with Gasteiger partial charge < -0.3 is 53.0 Å². The lowest BCUT2D eigenvalue weighted by Gasteiger charge is -2.11. The minimum atomic E-state index is -1.00. The molecule has 13 N–H and O–H groups in total. The van der Waals surface area contributed by atoms with E-state index in [0.717, 1.165) is 12.1 Å². The predicted octanol–water partition coefficient (Wildman–Crippen LogP) is -2.37. The fourth-order valence-corrected chi connectivity index (χ4v) is 2.12. The summed E-state index contributed by atoms with van der Waals surface area (Å²) in [5.74, 6) is -3.69. The van der Waals surface area contributed by atoms with Gasteiger partial charge in [0.1, 0.15) is 18.1 Å². The molecule has 1 saturated heterocycles. The van der Waals surface area contributed by atoms with Crippen molar-refractivity contribution < 1.29 is 44.7 Å². The number of aromatic amines is 1. The summed E-state index contributed by atoms with van der Waals surface area (Å²) in [7, 11) is 0. The molecule has 0 amide bonds. The second kappa shape index (κ2) is 18.3. The van der Waals surface area contributed by atoms with Crippen LogP contribution in [0.3, 0.4) is 0 Å². The first-order valence-corrected chi connectivity index (χ1v) is 10.3. The molecule has 5 atom stereocenters. The van der Waals surface area contributed by atoms with Gasteiger partial charge in [0, 0.05) is 31.3 Å². The monoisotopic (exact) mass is 492 g/mol. The molecule has 0 spiro atoms. The number of aromatic nitrogens is 2.